The topological polar surface area (TPSA) is 85.6 Å². The quantitative estimate of drug-likeness (QED) is 0.636. The number of hydrogen-bond donors (Lipinski definition) is 1. The third-order valence-electron chi connectivity index (χ3n) is 4.51. The van der Waals surface area contributed by atoms with Gasteiger partial charge in [0, 0.05) is 13.0 Å². The van der Waals surface area contributed by atoms with Gasteiger partial charge < -0.3 is 5.32 Å². The molecule has 0 radical (unpaired) electrons. The predicted molar refractivity (Wildman–Crippen MR) is 117 cm³/mol. The van der Waals surface area contributed by atoms with Gasteiger partial charge in [-0.3, -0.25) is 14.5 Å². The summed E-state index contributed by atoms with van der Waals surface area (Å²) in [5.74, 6) is -0.841. The lowest BCUT2D eigenvalue weighted by molar-refractivity contribution is -0.137. The first-order valence-electron chi connectivity index (χ1n) is 9.36. The largest absolute Gasteiger partial charge is 0.417 e. The van der Waals surface area contributed by atoms with E-state index in [-0.39, 0.29) is 35.3 Å². The fraction of sp³-hybridized carbons (Fsp3) is 0.238. The maximum atomic E-state index is 13.1. The number of hydrogen-bond acceptors (Lipinski definition) is 5. The maximum Gasteiger partial charge on any atom is 0.417 e. The molecule has 166 valence electrons. The number of para-hydroxylation sites is 1. The summed E-state index contributed by atoms with van der Waals surface area (Å²) in [5, 5.41) is 10.7. The van der Waals surface area contributed by atoms with Crippen molar-refractivity contribution >= 4 is 51.7 Å². The van der Waals surface area contributed by atoms with Gasteiger partial charge in [-0.25, -0.2) is 4.99 Å². The molecule has 2 aromatic rings. The van der Waals surface area contributed by atoms with E-state index >= 15 is 0 Å². The van der Waals surface area contributed by atoms with Crippen molar-refractivity contribution in [2.45, 2.75) is 24.8 Å². The number of benzene rings is 2. The lowest BCUT2D eigenvalue weighted by Crippen LogP contribution is -2.33. The molecular weight excluding hydrogens is 465 g/mol. The molecule has 32 heavy (non-hydrogen) atoms. The normalized spacial score (nSPS) is 17.5. The Bertz CT molecular complexity index is 1130. The van der Waals surface area contributed by atoms with Crippen LogP contribution in [0.5, 0.6) is 0 Å². The molecule has 1 aliphatic heterocycles. The molecule has 0 saturated carbocycles. The van der Waals surface area contributed by atoms with E-state index in [1.54, 1.807) is 31.2 Å². The van der Waals surface area contributed by atoms with Crippen LogP contribution in [-0.4, -0.2) is 33.7 Å². The standard InChI is InChI=1S/C21H16ClF3N4O2S/c1-2-29-19(31)17(10-18(30)28-16-6-4-3-5-12(16)11-26)32-20(29)27-13-7-8-15(22)14(9-13)21(23,24)25/h3-9,17H,2,10H2,1H3,(H,28,30). The predicted octanol–water partition coefficient (Wildman–Crippen LogP) is 5.21. The average Bonchev–Trinajstić information content (AvgIpc) is 3.02. The average molecular weight is 481 g/mol. The third kappa shape index (κ3) is 5.23. The second kappa shape index (κ2) is 9.63. The van der Waals surface area contributed by atoms with Gasteiger partial charge in [0.25, 0.3) is 0 Å². The summed E-state index contributed by atoms with van der Waals surface area (Å²) in [5.41, 5.74) is -0.418. The number of thioether (sulfide) groups is 1. The van der Waals surface area contributed by atoms with Crippen molar-refractivity contribution in [1.82, 2.24) is 4.90 Å². The Hall–Kier alpha value is -3.03. The van der Waals surface area contributed by atoms with Crippen LogP contribution in [0, 0.1) is 11.3 Å². The monoisotopic (exact) mass is 480 g/mol. The molecule has 3 rings (SSSR count). The number of amidine groups is 1. The molecule has 2 aromatic carbocycles. The van der Waals surface area contributed by atoms with Crippen LogP contribution in [0.15, 0.2) is 47.5 Å². The van der Waals surface area contributed by atoms with E-state index in [0.717, 1.165) is 23.9 Å². The molecule has 0 bridgehead atoms. The SMILES string of the molecule is CCN1C(=O)C(CC(=O)Nc2ccccc2C#N)SC1=Nc1ccc(Cl)c(C(F)(F)F)c1. The fourth-order valence-electron chi connectivity index (χ4n) is 2.99. The smallest absolute Gasteiger partial charge is 0.325 e. The van der Waals surface area contributed by atoms with Crippen molar-refractivity contribution in [2.24, 2.45) is 4.99 Å². The van der Waals surface area contributed by atoms with Crippen LogP contribution in [0.1, 0.15) is 24.5 Å². The Labute approximate surface area is 191 Å². The Morgan fingerprint density at radius 1 is 1.31 bits per heavy atom. The summed E-state index contributed by atoms with van der Waals surface area (Å²) < 4.78 is 39.4. The Morgan fingerprint density at radius 3 is 2.69 bits per heavy atom. The van der Waals surface area contributed by atoms with Gasteiger partial charge in [0.1, 0.15) is 11.3 Å². The Balaban J connectivity index is 1.79. The minimum atomic E-state index is -4.64. The van der Waals surface area contributed by atoms with Crippen molar-refractivity contribution in [3.63, 3.8) is 0 Å². The van der Waals surface area contributed by atoms with Gasteiger partial charge in [-0.05, 0) is 37.3 Å². The first kappa shape index (κ1) is 23.6. The zero-order valence-electron chi connectivity index (χ0n) is 16.6. The molecule has 1 fully saturated rings. The molecule has 1 heterocycles. The first-order valence-corrected chi connectivity index (χ1v) is 10.6. The van der Waals surface area contributed by atoms with E-state index in [1.807, 2.05) is 6.07 Å². The number of carbonyl (C=O) groups is 2. The van der Waals surface area contributed by atoms with E-state index in [9.17, 15) is 22.8 Å². The summed E-state index contributed by atoms with van der Waals surface area (Å²) in [6.07, 6.45) is -4.83. The van der Waals surface area contributed by atoms with E-state index in [0.29, 0.717) is 5.69 Å². The van der Waals surface area contributed by atoms with Gasteiger partial charge >= 0.3 is 6.18 Å². The van der Waals surface area contributed by atoms with Gasteiger partial charge in [0.2, 0.25) is 11.8 Å². The van der Waals surface area contributed by atoms with Crippen LogP contribution < -0.4 is 5.32 Å². The molecular formula is C21H16ClF3N4O2S. The van der Waals surface area contributed by atoms with Crippen molar-refractivity contribution in [3.8, 4) is 6.07 Å². The highest BCUT2D eigenvalue weighted by Gasteiger charge is 2.39. The fourth-order valence-corrected chi connectivity index (χ4v) is 4.43. The second-order valence-electron chi connectivity index (χ2n) is 6.65. The number of nitriles is 1. The highest BCUT2D eigenvalue weighted by atomic mass is 35.5. The van der Waals surface area contributed by atoms with Crippen LogP contribution in [0.3, 0.4) is 0 Å². The molecule has 0 aliphatic carbocycles. The number of nitrogens with one attached hydrogen (secondary N) is 1. The molecule has 1 unspecified atom stereocenters. The molecule has 2 amide bonds. The van der Waals surface area contributed by atoms with Gasteiger partial charge in [-0.15, -0.1) is 0 Å². The Kier molecular flexibility index (Phi) is 7.11. The number of carbonyl (C=O) groups excluding carboxylic acids is 2. The highest BCUT2D eigenvalue weighted by Crippen LogP contribution is 2.38. The van der Waals surface area contributed by atoms with Crippen LogP contribution in [0.2, 0.25) is 5.02 Å². The molecule has 1 saturated heterocycles. The first-order chi connectivity index (χ1) is 15.1. The number of anilines is 1. The molecule has 11 heteroatoms. The number of nitrogens with zero attached hydrogens (tertiary/aromatic N) is 3. The molecule has 1 aliphatic rings. The molecule has 1 atom stereocenters. The summed E-state index contributed by atoms with van der Waals surface area (Å²) >= 11 is 6.64. The summed E-state index contributed by atoms with van der Waals surface area (Å²) in [6.45, 7) is 1.93. The van der Waals surface area contributed by atoms with E-state index < -0.39 is 27.9 Å². The lowest BCUT2D eigenvalue weighted by Gasteiger charge is -2.14. The van der Waals surface area contributed by atoms with Crippen LogP contribution in [-0.2, 0) is 15.8 Å². The third-order valence-corrected chi connectivity index (χ3v) is 6.01. The molecule has 6 nitrogen and oxygen atoms in total. The van der Waals surface area contributed by atoms with Crippen LogP contribution in [0.25, 0.3) is 0 Å². The van der Waals surface area contributed by atoms with Gasteiger partial charge in [-0.1, -0.05) is 35.5 Å². The van der Waals surface area contributed by atoms with Crippen molar-refractivity contribution < 1.29 is 22.8 Å². The van der Waals surface area contributed by atoms with Gasteiger partial charge in [0.05, 0.1) is 27.5 Å². The summed E-state index contributed by atoms with van der Waals surface area (Å²) in [4.78, 5) is 30.7. The van der Waals surface area contributed by atoms with Crippen molar-refractivity contribution in [2.75, 3.05) is 11.9 Å². The number of rotatable bonds is 5. The number of aliphatic imine (C=N–C) groups is 1. The Morgan fingerprint density at radius 2 is 2.03 bits per heavy atom. The van der Waals surface area contributed by atoms with Crippen molar-refractivity contribution in [1.29, 1.82) is 5.26 Å². The zero-order valence-corrected chi connectivity index (χ0v) is 18.2. The number of alkyl halides is 3. The highest BCUT2D eigenvalue weighted by molar-refractivity contribution is 8.15. The summed E-state index contributed by atoms with van der Waals surface area (Å²) in [6, 6.07) is 11.6. The van der Waals surface area contributed by atoms with E-state index in [2.05, 4.69) is 10.3 Å². The number of halogens is 4. The second-order valence-corrected chi connectivity index (χ2v) is 8.23. The maximum absolute atomic E-state index is 13.1. The lowest BCUT2D eigenvalue weighted by atomic mass is 10.2. The number of amides is 2. The van der Waals surface area contributed by atoms with E-state index in [1.165, 1.54) is 11.0 Å². The van der Waals surface area contributed by atoms with Gasteiger partial charge in [-0.2, -0.15) is 18.4 Å². The molecule has 0 spiro atoms. The molecule has 1 N–H and O–H groups in total. The minimum Gasteiger partial charge on any atom is -0.325 e. The minimum absolute atomic E-state index is 0.0106. The van der Waals surface area contributed by atoms with E-state index in [4.69, 9.17) is 16.9 Å². The summed E-state index contributed by atoms with van der Waals surface area (Å²) in [7, 11) is 0. The van der Waals surface area contributed by atoms with Gasteiger partial charge in [0.15, 0.2) is 5.17 Å². The van der Waals surface area contributed by atoms with Crippen molar-refractivity contribution in [3.05, 3.63) is 58.6 Å². The molecule has 0 aromatic heterocycles. The van der Waals surface area contributed by atoms with Crippen LogP contribution >= 0.6 is 23.4 Å². The zero-order chi connectivity index (χ0) is 23.5. The van der Waals surface area contributed by atoms with Crippen LogP contribution in [0.4, 0.5) is 24.5 Å².